The van der Waals surface area contributed by atoms with Gasteiger partial charge in [-0.15, -0.1) is 0 Å². The van der Waals surface area contributed by atoms with Crippen LogP contribution in [0.25, 0.3) is 0 Å². The molecule has 1 fully saturated rings. The van der Waals surface area contributed by atoms with Gasteiger partial charge in [0.1, 0.15) is 6.10 Å². The first kappa shape index (κ1) is 16.4. The van der Waals surface area contributed by atoms with Gasteiger partial charge >= 0.3 is 5.97 Å². The third kappa shape index (κ3) is 6.39. The lowest BCUT2D eigenvalue weighted by molar-refractivity contribution is -0.151. The predicted molar refractivity (Wildman–Crippen MR) is 77.8 cm³/mol. The Morgan fingerprint density at radius 3 is 2.47 bits per heavy atom. The molecular weight excluding hydrogens is 240 g/mol. The molecule has 0 amide bonds. The van der Waals surface area contributed by atoms with Gasteiger partial charge in [0.25, 0.3) is 0 Å². The summed E-state index contributed by atoms with van der Waals surface area (Å²) in [5, 5.41) is 0. The Hall–Kier alpha value is -0.610. The summed E-state index contributed by atoms with van der Waals surface area (Å²) in [7, 11) is 2.11. The van der Waals surface area contributed by atoms with E-state index in [2.05, 4.69) is 25.8 Å². The Labute approximate surface area is 117 Å². The number of carbonyl (C=O) groups excluding carboxylic acids is 1. The Bertz CT molecular complexity index is 261. The summed E-state index contributed by atoms with van der Waals surface area (Å²) in [6, 6.07) is 0. The highest BCUT2D eigenvalue weighted by Crippen LogP contribution is 2.21. The number of nitrogens with two attached hydrogens (primary N) is 1. The van der Waals surface area contributed by atoms with Crippen molar-refractivity contribution in [2.75, 3.05) is 26.7 Å². The zero-order valence-corrected chi connectivity index (χ0v) is 12.7. The van der Waals surface area contributed by atoms with E-state index in [4.69, 9.17) is 10.5 Å². The van der Waals surface area contributed by atoms with Crippen LogP contribution in [0.1, 0.15) is 46.0 Å². The van der Waals surface area contributed by atoms with Gasteiger partial charge in [-0.2, -0.15) is 0 Å². The number of likely N-dealkylation sites (tertiary alicyclic amines) is 1. The highest BCUT2D eigenvalue weighted by molar-refractivity contribution is 5.69. The number of carbonyl (C=O) groups is 1. The molecule has 0 spiro atoms. The van der Waals surface area contributed by atoms with E-state index in [9.17, 15) is 4.79 Å². The largest absolute Gasteiger partial charge is 0.462 e. The van der Waals surface area contributed by atoms with Crippen molar-refractivity contribution in [1.29, 1.82) is 0 Å². The van der Waals surface area contributed by atoms with E-state index in [0.29, 0.717) is 24.8 Å². The fraction of sp³-hybridized carbons (Fsp3) is 0.933. The summed E-state index contributed by atoms with van der Waals surface area (Å²) < 4.78 is 5.55. The molecule has 19 heavy (non-hydrogen) atoms. The van der Waals surface area contributed by atoms with E-state index in [1.807, 2.05) is 0 Å². The van der Waals surface area contributed by atoms with E-state index in [1.54, 1.807) is 0 Å². The average Bonchev–Trinajstić information content (AvgIpc) is 2.37. The van der Waals surface area contributed by atoms with E-state index in [0.717, 1.165) is 38.8 Å². The Morgan fingerprint density at radius 2 is 1.95 bits per heavy atom. The lowest BCUT2D eigenvalue weighted by Crippen LogP contribution is -2.35. The smallest absolute Gasteiger partial charge is 0.306 e. The quantitative estimate of drug-likeness (QED) is 0.719. The molecule has 1 aliphatic heterocycles. The number of ether oxygens (including phenoxy) is 1. The Morgan fingerprint density at radius 1 is 1.32 bits per heavy atom. The molecule has 4 nitrogen and oxygen atoms in total. The van der Waals surface area contributed by atoms with Gasteiger partial charge in [0.15, 0.2) is 0 Å². The summed E-state index contributed by atoms with van der Waals surface area (Å²) in [6.07, 6.45) is 4.52. The topological polar surface area (TPSA) is 55.6 Å². The highest BCUT2D eigenvalue weighted by atomic mass is 16.5. The fourth-order valence-electron chi connectivity index (χ4n) is 2.68. The minimum absolute atomic E-state index is 0.0303. The molecule has 1 unspecified atom stereocenters. The highest BCUT2D eigenvalue weighted by Gasteiger charge is 2.21. The first-order valence-corrected chi connectivity index (χ1v) is 7.61. The number of esters is 1. The second kappa shape index (κ2) is 8.54. The minimum atomic E-state index is -0.0303. The molecule has 0 aromatic rings. The number of rotatable bonds is 7. The summed E-state index contributed by atoms with van der Waals surface area (Å²) in [6.45, 7) is 7.15. The van der Waals surface area contributed by atoms with Crippen molar-refractivity contribution in [3.05, 3.63) is 0 Å². The van der Waals surface area contributed by atoms with Crippen molar-refractivity contribution >= 4 is 5.97 Å². The Balaban J connectivity index is 2.23. The van der Waals surface area contributed by atoms with Gasteiger partial charge in [-0.05, 0) is 51.1 Å². The zero-order chi connectivity index (χ0) is 14.3. The van der Waals surface area contributed by atoms with Crippen LogP contribution in [0, 0.1) is 11.8 Å². The van der Waals surface area contributed by atoms with Crippen LogP contribution in [0.2, 0.25) is 0 Å². The van der Waals surface area contributed by atoms with Gasteiger partial charge in [0.2, 0.25) is 0 Å². The van der Waals surface area contributed by atoms with Crippen LogP contribution in [0.15, 0.2) is 0 Å². The van der Waals surface area contributed by atoms with Crippen molar-refractivity contribution < 1.29 is 9.53 Å². The summed E-state index contributed by atoms with van der Waals surface area (Å²) in [5.74, 6) is 1.09. The zero-order valence-electron chi connectivity index (χ0n) is 12.7. The van der Waals surface area contributed by atoms with Crippen LogP contribution < -0.4 is 5.73 Å². The molecule has 1 aliphatic rings. The normalized spacial score (nSPS) is 19.6. The molecule has 0 bridgehead atoms. The Kier molecular flexibility index (Phi) is 7.39. The number of nitrogens with zero attached hydrogens (tertiary/aromatic N) is 1. The molecule has 0 aromatic heterocycles. The molecule has 1 rings (SSSR count). The van der Waals surface area contributed by atoms with E-state index < -0.39 is 0 Å². The lowest BCUT2D eigenvalue weighted by Gasteiger charge is -2.28. The van der Waals surface area contributed by atoms with Gasteiger partial charge in [0.05, 0.1) is 0 Å². The van der Waals surface area contributed by atoms with Gasteiger partial charge < -0.3 is 15.4 Å². The molecule has 1 atom stereocenters. The van der Waals surface area contributed by atoms with Gasteiger partial charge in [-0.1, -0.05) is 13.8 Å². The molecular formula is C15H30N2O2. The number of hydrogen-bond donors (Lipinski definition) is 1. The molecule has 4 heteroatoms. The SMILES string of the molecule is CC(C)C(CCN)CCC(=O)OC1CCN(C)CC1. The van der Waals surface area contributed by atoms with Crippen LogP contribution >= 0.6 is 0 Å². The molecule has 0 aromatic carbocycles. The molecule has 112 valence electrons. The number of piperidine rings is 1. The van der Waals surface area contributed by atoms with E-state index >= 15 is 0 Å². The van der Waals surface area contributed by atoms with Gasteiger partial charge in [0, 0.05) is 19.5 Å². The van der Waals surface area contributed by atoms with Crippen molar-refractivity contribution in [2.24, 2.45) is 17.6 Å². The summed E-state index contributed by atoms with van der Waals surface area (Å²) >= 11 is 0. The van der Waals surface area contributed by atoms with Crippen molar-refractivity contribution in [3.63, 3.8) is 0 Å². The first-order valence-electron chi connectivity index (χ1n) is 7.61. The second-order valence-electron chi connectivity index (χ2n) is 6.11. The molecule has 1 saturated heterocycles. The average molecular weight is 270 g/mol. The van der Waals surface area contributed by atoms with E-state index in [-0.39, 0.29) is 12.1 Å². The van der Waals surface area contributed by atoms with Crippen LogP contribution in [-0.4, -0.2) is 43.7 Å². The number of hydrogen-bond acceptors (Lipinski definition) is 4. The van der Waals surface area contributed by atoms with Crippen LogP contribution in [0.3, 0.4) is 0 Å². The maximum atomic E-state index is 11.9. The van der Waals surface area contributed by atoms with Crippen LogP contribution in [0.5, 0.6) is 0 Å². The van der Waals surface area contributed by atoms with E-state index in [1.165, 1.54) is 0 Å². The van der Waals surface area contributed by atoms with Crippen LogP contribution in [-0.2, 0) is 9.53 Å². The predicted octanol–water partition coefficient (Wildman–Crippen LogP) is 2.02. The third-order valence-electron chi connectivity index (χ3n) is 4.16. The van der Waals surface area contributed by atoms with Crippen LogP contribution in [0.4, 0.5) is 0 Å². The monoisotopic (exact) mass is 270 g/mol. The standard InChI is InChI=1S/C15H30N2O2/c1-12(2)13(6-9-16)4-5-15(18)19-14-7-10-17(3)11-8-14/h12-14H,4-11,16H2,1-3H3. The maximum Gasteiger partial charge on any atom is 0.306 e. The lowest BCUT2D eigenvalue weighted by atomic mass is 9.88. The molecule has 1 heterocycles. The van der Waals surface area contributed by atoms with Crippen molar-refractivity contribution in [3.8, 4) is 0 Å². The minimum Gasteiger partial charge on any atom is -0.462 e. The second-order valence-corrected chi connectivity index (χ2v) is 6.11. The summed E-state index contributed by atoms with van der Waals surface area (Å²) in [5.41, 5.74) is 5.62. The van der Waals surface area contributed by atoms with Gasteiger partial charge in [-0.25, -0.2) is 0 Å². The maximum absolute atomic E-state index is 11.9. The third-order valence-corrected chi connectivity index (χ3v) is 4.16. The molecule has 2 N–H and O–H groups in total. The summed E-state index contributed by atoms with van der Waals surface area (Å²) in [4.78, 5) is 14.1. The molecule has 0 aliphatic carbocycles. The molecule has 0 saturated carbocycles. The van der Waals surface area contributed by atoms with Crippen molar-refractivity contribution in [1.82, 2.24) is 4.90 Å². The fourth-order valence-corrected chi connectivity index (χ4v) is 2.68. The molecule has 0 radical (unpaired) electrons. The van der Waals surface area contributed by atoms with Crippen molar-refractivity contribution in [2.45, 2.75) is 52.1 Å². The first-order chi connectivity index (χ1) is 9.02. The van der Waals surface area contributed by atoms with Gasteiger partial charge in [-0.3, -0.25) is 4.79 Å².